The number of ether oxygens (including phenoxy) is 2. The summed E-state index contributed by atoms with van der Waals surface area (Å²) in [5.41, 5.74) is 1.74. The van der Waals surface area contributed by atoms with E-state index < -0.39 is 5.97 Å². The number of benzene rings is 2. The summed E-state index contributed by atoms with van der Waals surface area (Å²) < 4.78 is 17.1. The largest absolute Gasteiger partial charge is 0.490 e. The van der Waals surface area contributed by atoms with Gasteiger partial charge < -0.3 is 13.9 Å². The predicted octanol–water partition coefficient (Wildman–Crippen LogP) is 4.83. The van der Waals surface area contributed by atoms with Crippen molar-refractivity contribution in [3.63, 3.8) is 0 Å². The predicted molar refractivity (Wildman–Crippen MR) is 106 cm³/mol. The first-order chi connectivity index (χ1) is 13.5. The Balaban J connectivity index is 1.80. The van der Waals surface area contributed by atoms with E-state index in [1.165, 1.54) is 6.07 Å². The first-order valence-corrected chi connectivity index (χ1v) is 9.40. The number of carbonyl (C=O) groups is 1. The van der Waals surface area contributed by atoms with E-state index in [4.69, 9.17) is 19.2 Å². The lowest BCUT2D eigenvalue weighted by atomic mass is 10.2. The Kier molecular flexibility index (Phi) is 6.12. The van der Waals surface area contributed by atoms with Crippen LogP contribution in [0.5, 0.6) is 11.5 Å². The lowest BCUT2D eigenvalue weighted by molar-refractivity contribution is -0.133. The fourth-order valence-corrected chi connectivity index (χ4v) is 3.10. The molecule has 0 amide bonds. The van der Waals surface area contributed by atoms with Crippen molar-refractivity contribution in [2.75, 3.05) is 6.61 Å². The summed E-state index contributed by atoms with van der Waals surface area (Å²) in [5.74, 6) is 1.05. The number of rotatable bonds is 6. The van der Waals surface area contributed by atoms with Gasteiger partial charge in [0.05, 0.1) is 34.8 Å². The summed E-state index contributed by atoms with van der Waals surface area (Å²) in [7, 11) is 0. The van der Waals surface area contributed by atoms with Gasteiger partial charge in [-0.1, -0.05) is 18.2 Å². The van der Waals surface area contributed by atoms with Crippen molar-refractivity contribution >= 4 is 21.9 Å². The second-order valence-corrected chi connectivity index (χ2v) is 6.72. The maximum atomic E-state index is 12.5. The van der Waals surface area contributed by atoms with Gasteiger partial charge in [0.1, 0.15) is 5.76 Å². The van der Waals surface area contributed by atoms with Crippen molar-refractivity contribution in [2.45, 2.75) is 20.3 Å². The molecule has 1 aromatic heterocycles. The molecule has 0 radical (unpaired) electrons. The Bertz CT molecular complexity index is 1040. The monoisotopic (exact) mass is 440 g/mol. The Morgan fingerprint density at radius 1 is 1.29 bits per heavy atom. The van der Waals surface area contributed by atoms with Crippen molar-refractivity contribution in [2.24, 2.45) is 0 Å². The van der Waals surface area contributed by atoms with Gasteiger partial charge in [-0.2, -0.15) is 5.26 Å². The number of nitrogens with zero attached hydrogens (tertiary/aromatic N) is 2. The van der Waals surface area contributed by atoms with Crippen LogP contribution in [0.15, 0.2) is 51.4 Å². The average molecular weight is 441 g/mol. The number of aromatic nitrogens is 1. The van der Waals surface area contributed by atoms with Crippen LogP contribution in [-0.2, 0) is 11.2 Å². The SMILES string of the molecule is CCOc1cc(C#N)cc(Br)c1OC(=O)Cc1nc(-c2ccccc2)oc1C. The number of oxazole rings is 1. The Labute approximate surface area is 170 Å². The molecule has 0 fully saturated rings. The molecule has 0 aliphatic carbocycles. The molecule has 7 heteroatoms. The third kappa shape index (κ3) is 4.41. The molecule has 142 valence electrons. The van der Waals surface area contributed by atoms with E-state index in [0.29, 0.717) is 39.7 Å². The molecule has 0 spiro atoms. The maximum Gasteiger partial charge on any atom is 0.317 e. The topological polar surface area (TPSA) is 85.4 Å². The van der Waals surface area contributed by atoms with Crippen LogP contribution in [-0.4, -0.2) is 17.6 Å². The van der Waals surface area contributed by atoms with Crippen LogP contribution in [0.2, 0.25) is 0 Å². The molecule has 0 saturated heterocycles. The smallest absolute Gasteiger partial charge is 0.317 e. The van der Waals surface area contributed by atoms with Crippen molar-refractivity contribution in [1.82, 2.24) is 4.98 Å². The van der Waals surface area contributed by atoms with E-state index in [0.717, 1.165) is 5.56 Å². The van der Waals surface area contributed by atoms with Gasteiger partial charge >= 0.3 is 5.97 Å². The lowest BCUT2D eigenvalue weighted by Crippen LogP contribution is -2.13. The van der Waals surface area contributed by atoms with Crippen molar-refractivity contribution in [1.29, 1.82) is 5.26 Å². The highest BCUT2D eigenvalue weighted by molar-refractivity contribution is 9.10. The van der Waals surface area contributed by atoms with Gasteiger partial charge in [0.25, 0.3) is 0 Å². The summed E-state index contributed by atoms with van der Waals surface area (Å²) in [5, 5.41) is 9.10. The van der Waals surface area contributed by atoms with Gasteiger partial charge in [-0.05, 0) is 48.0 Å². The molecular weight excluding hydrogens is 424 g/mol. The van der Waals surface area contributed by atoms with E-state index in [1.54, 1.807) is 13.0 Å². The molecule has 0 atom stereocenters. The van der Waals surface area contributed by atoms with E-state index >= 15 is 0 Å². The number of esters is 1. The van der Waals surface area contributed by atoms with Crippen molar-refractivity contribution in [3.8, 4) is 29.0 Å². The summed E-state index contributed by atoms with van der Waals surface area (Å²) >= 11 is 3.33. The first-order valence-electron chi connectivity index (χ1n) is 8.60. The highest BCUT2D eigenvalue weighted by atomic mass is 79.9. The van der Waals surface area contributed by atoms with Gasteiger partial charge in [0, 0.05) is 11.6 Å². The van der Waals surface area contributed by atoms with E-state index in [1.807, 2.05) is 43.3 Å². The number of hydrogen-bond acceptors (Lipinski definition) is 6. The number of carbonyl (C=O) groups excluding carboxylic acids is 1. The Morgan fingerprint density at radius 3 is 2.71 bits per heavy atom. The number of hydrogen-bond donors (Lipinski definition) is 0. The molecule has 3 aromatic rings. The molecule has 0 unspecified atom stereocenters. The molecule has 0 aliphatic rings. The zero-order valence-corrected chi connectivity index (χ0v) is 16.9. The fraction of sp³-hybridized carbons (Fsp3) is 0.190. The normalized spacial score (nSPS) is 10.4. The molecular formula is C21H17BrN2O4. The fourth-order valence-electron chi connectivity index (χ4n) is 2.58. The zero-order valence-electron chi connectivity index (χ0n) is 15.4. The standard InChI is InChI=1S/C21H17BrN2O4/c1-3-26-18-10-14(12-23)9-16(22)20(18)28-19(25)11-17-13(2)27-21(24-17)15-7-5-4-6-8-15/h4-10H,3,11H2,1-2H3. The van der Waals surface area contributed by atoms with Gasteiger partial charge in [-0.15, -0.1) is 0 Å². The molecule has 2 aromatic carbocycles. The minimum atomic E-state index is -0.512. The van der Waals surface area contributed by atoms with Crippen LogP contribution in [0.1, 0.15) is 23.9 Å². The van der Waals surface area contributed by atoms with E-state index in [2.05, 4.69) is 20.9 Å². The van der Waals surface area contributed by atoms with Crippen molar-refractivity contribution < 1.29 is 18.7 Å². The van der Waals surface area contributed by atoms with Crippen LogP contribution in [0.25, 0.3) is 11.5 Å². The van der Waals surface area contributed by atoms with Crippen LogP contribution in [0, 0.1) is 18.3 Å². The van der Waals surface area contributed by atoms with Crippen molar-refractivity contribution in [3.05, 3.63) is 64.0 Å². The third-order valence-corrected chi connectivity index (χ3v) is 4.47. The minimum Gasteiger partial charge on any atom is -0.490 e. The maximum absolute atomic E-state index is 12.5. The molecule has 0 bridgehead atoms. The lowest BCUT2D eigenvalue weighted by Gasteiger charge is -2.12. The van der Waals surface area contributed by atoms with Crippen LogP contribution in [0.3, 0.4) is 0 Å². The van der Waals surface area contributed by atoms with Crippen LogP contribution >= 0.6 is 15.9 Å². The second-order valence-electron chi connectivity index (χ2n) is 5.87. The highest BCUT2D eigenvalue weighted by Crippen LogP contribution is 2.37. The molecule has 0 N–H and O–H groups in total. The number of halogens is 1. The summed E-state index contributed by atoms with van der Waals surface area (Å²) in [6.07, 6.45) is -0.0554. The molecule has 0 saturated carbocycles. The number of nitriles is 1. The van der Waals surface area contributed by atoms with Crippen LogP contribution < -0.4 is 9.47 Å². The molecule has 1 heterocycles. The van der Waals surface area contributed by atoms with E-state index in [-0.39, 0.29) is 12.2 Å². The van der Waals surface area contributed by atoms with Gasteiger partial charge in [-0.25, -0.2) is 4.98 Å². The third-order valence-electron chi connectivity index (χ3n) is 3.88. The highest BCUT2D eigenvalue weighted by Gasteiger charge is 2.20. The minimum absolute atomic E-state index is 0.0554. The quantitative estimate of drug-likeness (QED) is 0.402. The molecule has 6 nitrogen and oxygen atoms in total. The Morgan fingerprint density at radius 2 is 2.04 bits per heavy atom. The Hall–Kier alpha value is -3.11. The molecule has 28 heavy (non-hydrogen) atoms. The summed E-state index contributed by atoms with van der Waals surface area (Å²) in [4.78, 5) is 16.9. The van der Waals surface area contributed by atoms with Gasteiger partial charge in [-0.3, -0.25) is 4.79 Å². The summed E-state index contributed by atoms with van der Waals surface area (Å²) in [6.45, 7) is 3.93. The second kappa shape index (κ2) is 8.72. The van der Waals surface area contributed by atoms with E-state index in [9.17, 15) is 4.79 Å². The van der Waals surface area contributed by atoms with Crippen LogP contribution in [0.4, 0.5) is 0 Å². The molecule has 0 aliphatic heterocycles. The summed E-state index contributed by atoms with van der Waals surface area (Å²) in [6, 6.07) is 14.6. The number of aryl methyl sites for hydroxylation is 1. The average Bonchev–Trinajstić information content (AvgIpc) is 3.05. The molecule has 3 rings (SSSR count). The van der Waals surface area contributed by atoms with Gasteiger partial charge in [0.2, 0.25) is 5.89 Å². The zero-order chi connectivity index (χ0) is 20.1. The van der Waals surface area contributed by atoms with Gasteiger partial charge in [0.15, 0.2) is 11.5 Å². The first kappa shape index (κ1) is 19.6.